The highest BCUT2D eigenvalue weighted by Crippen LogP contribution is 2.46. The Morgan fingerprint density at radius 2 is 1.58 bits per heavy atom. The van der Waals surface area contributed by atoms with Gasteiger partial charge in [-0.1, -0.05) is 48.5 Å². The second kappa shape index (κ2) is 6.24. The second-order valence-electron chi connectivity index (χ2n) is 6.90. The van der Waals surface area contributed by atoms with Gasteiger partial charge in [0.25, 0.3) is 0 Å². The number of hydrogen-bond donors (Lipinski definition) is 0. The molecule has 1 heterocycles. The zero-order valence-electron chi connectivity index (χ0n) is 14.4. The van der Waals surface area contributed by atoms with Crippen molar-refractivity contribution in [3.63, 3.8) is 0 Å². The van der Waals surface area contributed by atoms with Crippen LogP contribution in [0.15, 0.2) is 66.9 Å². The third kappa shape index (κ3) is 2.75. The number of aromatic nitrogens is 1. The average Bonchev–Trinajstić information content (AvgIpc) is 3.44. The van der Waals surface area contributed by atoms with Crippen LogP contribution in [-0.2, 0) is 0 Å². The van der Waals surface area contributed by atoms with Crippen LogP contribution in [0.2, 0.25) is 0 Å². The van der Waals surface area contributed by atoms with E-state index in [4.69, 9.17) is 4.98 Å². The van der Waals surface area contributed by atoms with Gasteiger partial charge in [0.05, 0.1) is 11.6 Å². The van der Waals surface area contributed by atoms with Gasteiger partial charge in [0.1, 0.15) is 0 Å². The number of rotatable bonds is 4. The molecule has 1 fully saturated rings. The number of nitrogens with zero attached hydrogens (tertiary/aromatic N) is 1. The fraction of sp³-hybridized carbons (Fsp3) is 0.261. The maximum atomic E-state index is 4.73. The molecule has 1 saturated carbocycles. The Morgan fingerprint density at radius 1 is 0.833 bits per heavy atom. The van der Waals surface area contributed by atoms with Gasteiger partial charge in [0, 0.05) is 6.20 Å². The summed E-state index contributed by atoms with van der Waals surface area (Å²) < 4.78 is 0. The molecule has 2 aromatic carbocycles. The first kappa shape index (κ1) is 15.1. The third-order valence-electron chi connectivity index (χ3n) is 5.15. The van der Waals surface area contributed by atoms with Crippen LogP contribution in [-0.4, -0.2) is 4.98 Å². The fourth-order valence-corrected chi connectivity index (χ4v) is 3.77. The molecule has 0 unspecified atom stereocenters. The van der Waals surface area contributed by atoms with Gasteiger partial charge in [-0.25, -0.2) is 0 Å². The summed E-state index contributed by atoms with van der Waals surface area (Å²) in [5, 5.41) is 0. The van der Waals surface area contributed by atoms with Crippen molar-refractivity contribution in [2.75, 3.05) is 0 Å². The van der Waals surface area contributed by atoms with Gasteiger partial charge in [-0.3, -0.25) is 4.98 Å². The van der Waals surface area contributed by atoms with Crippen molar-refractivity contribution in [3.8, 4) is 0 Å². The maximum absolute atomic E-state index is 4.73. The standard InChI is InChI=1S/C23H23N/c1-16-8-3-4-10-19(16)23(21-12-5-6-15-24-21)22-17(2)9-7-11-20(22)18-13-14-18/h3-12,15,18,23H,13-14H2,1-2H3/t23-/m1/s1. The van der Waals surface area contributed by atoms with E-state index in [0.717, 1.165) is 11.6 Å². The maximum Gasteiger partial charge on any atom is 0.0522 e. The van der Waals surface area contributed by atoms with Crippen LogP contribution in [0.25, 0.3) is 0 Å². The summed E-state index contributed by atoms with van der Waals surface area (Å²) in [4.78, 5) is 4.73. The minimum Gasteiger partial charge on any atom is -0.260 e. The van der Waals surface area contributed by atoms with E-state index in [2.05, 4.69) is 68.4 Å². The van der Waals surface area contributed by atoms with E-state index in [0.29, 0.717) is 0 Å². The molecule has 1 atom stereocenters. The fourth-order valence-electron chi connectivity index (χ4n) is 3.77. The molecule has 3 aromatic rings. The van der Waals surface area contributed by atoms with Gasteiger partial charge < -0.3 is 0 Å². The zero-order valence-corrected chi connectivity index (χ0v) is 14.4. The lowest BCUT2D eigenvalue weighted by molar-refractivity contribution is 0.873. The van der Waals surface area contributed by atoms with Crippen molar-refractivity contribution in [2.45, 2.75) is 38.5 Å². The molecular weight excluding hydrogens is 290 g/mol. The molecule has 0 amide bonds. The molecule has 0 bridgehead atoms. The van der Waals surface area contributed by atoms with Crippen LogP contribution in [0.5, 0.6) is 0 Å². The first-order chi connectivity index (χ1) is 11.8. The van der Waals surface area contributed by atoms with Crippen LogP contribution in [0.4, 0.5) is 0 Å². The Kier molecular flexibility index (Phi) is 3.93. The molecule has 1 heteroatoms. The Morgan fingerprint density at radius 3 is 2.29 bits per heavy atom. The lowest BCUT2D eigenvalue weighted by atomic mass is 9.80. The van der Waals surface area contributed by atoms with Crippen molar-refractivity contribution < 1.29 is 0 Å². The van der Waals surface area contributed by atoms with E-state index >= 15 is 0 Å². The van der Waals surface area contributed by atoms with Gasteiger partial charge in [-0.15, -0.1) is 0 Å². The Balaban J connectivity index is 1.97. The van der Waals surface area contributed by atoms with Crippen molar-refractivity contribution in [2.24, 2.45) is 0 Å². The van der Waals surface area contributed by atoms with Crippen molar-refractivity contribution in [3.05, 3.63) is 100 Å². The van der Waals surface area contributed by atoms with Crippen molar-refractivity contribution in [1.82, 2.24) is 4.98 Å². The Bertz CT molecular complexity index is 847. The molecule has 4 rings (SSSR count). The third-order valence-corrected chi connectivity index (χ3v) is 5.15. The topological polar surface area (TPSA) is 12.9 Å². The first-order valence-corrected chi connectivity index (χ1v) is 8.81. The normalized spacial score (nSPS) is 15.2. The van der Waals surface area contributed by atoms with Gasteiger partial charge in [0.15, 0.2) is 0 Å². The average molecular weight is 313 g/mol. The predicted molar refractivity (Wildman–Crippen MR) is 99.5 cm³/mol. The largest absolute Gasteiger partial charge is 0.260 e. The van der Waals surface area contributed by atoms with Gasteiger partial charge in [-0.2, -0.15) is 0 Å². The summed E-state index contributed by atoms with van der Waals surface area (Å²) in [5.74, 6) is 0.944. The lowest BCUT2D eigenvalue weighted by Gasteiger charge is -2.24. The Hall–Kier alpha value is -2.41. The van der Waals surface area contributed by atoms with E-state index in [9.17, 15) is 0 Å². The van der Waals surface area contributed by atoms with Crippen LogP contribution >= 0.6 is 0 Å². The molecule has 1 nitrogen and oxygen atoms in total. The predicted octanol–water partition coefficient (Wildman–Crippen LogP) is 5.76. The quantitative estimate of drug-likeness (QED) is 0.597. The van der Waals surface area contributed by atoms with Crippen LogP contribution in [0.3, 0.4) is 0 Å². The van der Waals surface area contributed by atoms with Gasteiger partial charge >= 0.3 is 0 Å². The smallest absolute Gasteiger partial charge is 0.0522 e. The lowest BCUT2D eigenvalue weighted by Crippen LogP contribution is -2.11. The monoisotopic (exact) mass is 313 g/mol. The SMILES string of the molecule is Cc1ccccc1[C@H](c1ccccn1)c1c(C)cccc1C1CC1. The molecule has 0 saturated heterocycles. The summed E-state index contributed by atoms with van der Waals surface area (Å²) >= 11 is 0. The van der Waals surface area contributed by atoms with E-state index in [1.165, 1.54) is 40.7 Å². The zero-order chi connectivity index (χ0) is 16.5. The number of benzene rings is 2. The summed E-state index contributed by atoms with van der Waals surface area (Å²) in [7, 11) is 0. The first-order valence-electron chi connectivity index (χ1n) is 8.81. The number of aryl methyl sites for hydroxylation is 2. The molecule has 1 aliphatic carbocycles. The van der Waals surface area contributed by atoms with Crippen molar-refractivity contribution >= 4 is 0 Å². The summed E-state index contributed by atoms with van der Waals surface area (Å²) in [6.45, 7) is 4.45. The van der Waals surface area contributed by atoms with E-state index < -0.39 is 0 Å². The summed E-state index contributed by atoms with van der Waals surface area (Å²) in [6.07, 6.45) is 4.55. The summed E-state index contributed by atoms with van der Waals surface area (Å²) in [5.41, 5.74) is 8.20. The number of pyridine rings is 1. The molecule has 1 aliphatic rings. The van der Waals surface area contributed by atoms with Crippen LogP contribution < -0.4 is 0 Å². The van der Waals surface area contributed by atoms with Crippen molar-refractivity contribution in [1.29, 1.82) is 0 Å². The minimum atomic E-state index is 0.212. The molecule has 0 aliphatic heterocycles. The van der Waals surface area contributed by atoms with E-state index in [1.54, 1.807) is 0 Å². The summed E-state index contributed by atoms with van der Waals surface area (Å²) in [6, 6.07) is 21.8. The van der Waals surface area contributed by atoms with E-state index in [1.807, 2.05) is 12.3 Å². The highest BCUT2D eigenvalue weighted by molar-refractivity contribution is 5.51. The molecule has 0 radical (unpaired) electrons. The number of hydrogen-bond acceptors (Lipinski definition) is 1. The molecule has 24 heavy (non-hydrogen) atoms. The molecule has 120 valence electrons. The van der Waals surface area contributed by atoms with Gasteiger partial charge in [0.2, 0.25) is 0 Å². The van der Waals surface area contributed by atoms with E-state index in [-0.39, 0.29) is 5.92 Å². The second-order valence-corrected chi connectivity index (χ2v) is 6.90. The molecule has 1 aromatic heterocycles. The highest BCUT2D eigenvalue weighted by atomic mass is 14.7. The Labute approximate surface area is 144 Å². The molecule has 0 N–H and O–H groups in total. The van der Waals surface area contributed by atoms with Gasteiger partial charge in [-0.05, 0) is 72.6 Å². The minimum absolute atomic E-state index is 0.212. The van der Waals surface area contributed by atoms with Crippen LogP contribution in [0, 0.1) is 13.8 Å². The highest BCUT2D eigenvalue weighted by Gasteiger charge is 2.31. The molecule has 0 spiro atoms. The van der Waals surface area contributed by atoms with Crippen LogP contribution in [0.1, 0.15) is 58.2 Å². The molecular formula is C23H23N.